The summed E-state index contributed by atoms with van der Waals surface area (Å²) in [5.74, 6) is -1.05. The quantitative estimate of drug-likeness (QED) is 0.825. The highest BCUT2D eigenvalue weighted by Gasteiger charge is 2.29. The van der Waals surface area contributed by atoms with E-state index in [4.69, 9.17) is 17.3 Å². The zero-order valence-corrected chi connectivity index (χ0v) is 12.4. The van der Waals surface area contributed by atoms with Crippen LogP contribution in [0.5, 0.6) is 0 Å². The maximum atomic E-state index is 13.8. The van der Waals surface area contributed by atoms with E-state index in [-0.39, 0.29) is 17.3 Å². The lowest BCUT2D eigenvalue weighted by molar-refractivity contribution is 0.0639. The highest BCUT2D eigenvalue weighted by Crippen LogP contribution is 2.27. The number of rotatable bonds is 4. The summed E-state index contributed by atoms with van der Waals surface area (Å²) >= 11 is 5.69. The van der Waals surface area contributed by atoms with Crippen molar-refractivity contribution in [3.05, 3.63) is 23.0 Å². The molecule has 19 heavy (non-hydrogen) atoms. The number of nitrogens with zero attached hydrogens (tertiary/aromatic N) is 1. The van der Waals surface area contributed by atoms with Crippen molar-refractivity contribution in [1.29, 1.82) is 0 Å². The second-order valence-corrected chi connectivity index (χ2v) is 7.33. The lowest BCUT2D eigenvalue weighted by atomic mass is 10.1. The average molecular weight is 311 g/mol. The molecular weight excluding hydrogens is 295 g/mol. The first kappa shape index (κ1) is 16.2. The maximum Gasteiger partial charge on any atom is 0.245 e. The van der Waals surface area contributed by atoms with Gasteiger partial charge in [0.1, 0.15) is 4.90 Å². The van der Waals surface area contributed by atoms with E-state index in [9.17, 15) is 17.9 Å². The Morgan fingerprint density at radius 2 is 2.00 bits per heavy atom. The molecule has 0 aliphatic heterocycles. The van der Waals surface area contributed by atoms with Gasteiger partial charge < -0.3 is 10.8 Å². The Morgan fingerprint density at radius 1 is 1.47 bits per heavy atom. The number of aliphatic hydroxyl groups is 1. The summed E-state index contributed by atoms with van der Waals surface area (Å²) in [5, 5.41) is 9.65. The van der Waals surface area contributed by atoms with E-state index in [1.165, 1.54) is 20.9 Å². The monoisotopic (exact) mass is 310 g/mol. The van der Waals surface area contributed by atoms with Gasteiger partial charge in [0.05, 0.1) is 11.3 Å². The highest BCUT2D eigenvalue weighted by molar-refractivity contribution is 7.89. The van der Waals surface area contributed by atoms with Crippen LogP contribution < -0.4 is 5.73 Å². The lowest BCUT2D eigenvalue weighted by Crippen LogP contribution is -2.40. The van der Waals surface area contributed by atoms with Crippen LogP contribution in [0.4, 0.5) is 10.1 Å². The van der Waals surface area contributed by atoms with Crippen LogP contribution in [0.2, 0.25) is 5.02 Å². The van der Waals surface area contributed by atoms with Gasteiger partial charge in [-0.25, -0.2) is 12.8 Å². The van der Waals surface area contributed by atoms with Crippen molar-refractivity contribution in [2.45, 2.75) is 24.3 Å². The number of nitrogens with two attached hydrogens (primary N) is 1. The van der Waals surface area contributed by atoms with E-state index in [0.717, 1.165) is 16.4 Å². The first-order valence-corrected chi connectivity index (χ1v) is 7.20. The Bertz CT molecular complexity index is 584. The van der Waals surface area contributed by atoms with Gasteiger partial charge in [-0.05, 0) is 26.0 Å². The Hall–Kier alpha value is -0.890. The molecule has 0 aromatic heterocycles. The van der Waals surface area contributed by atoms with Crippen molar-refractivity contribution in [3.63, 3.8) is 0 Å². The minimum Gasteiger partial charge on any atom is -0.396 e. The van der Waals surface area contributed by atoms with Gasteiger partial charge in [-0.15, -0.1) is 0 Å². The normalized spacial score (nSPS) is 13.0. The van der Waals surface area contributed by atoms with Gasteiger partial charge in [-0.1, -0.05) is 11.6 Å². The molecule has 3 N–H and O–H groups in total. The second-order valence-electron chi connectivity index (χ2n) is 4.88. The van der Waals surface area contributed by atoms with E-state index in [1.807, 2.05) is 0 Å². The zero-order valence-electron chi connectivity index (χ0n) is 10.8. The number of hydrogen-bond acceptors (Lipinski definition) is 4. The minimum absolute atomic E-state index is 0.0223. The van der Waals surface area contributed by atoms with Crippen LogP contribution in [0, 0.1) is 5.82 Å². The summed E-state index contributed by atoms with van der Waals surface area (Å²) in [6.07, 6.45) is 0. The predicted octanol–water partition coefficient (Wildman–Crippen LogP) is 1.45. The lowest BCUT2D eigenvalue weighted by Gasteiger charge is -2.25. The number of sulfonamides is 1. The van der Waals surface area contributed by atoms with E-state index in [1.54, 1.807) is 0 Å². The molecule has 0 fully saturated rings. The summed E-state index contributed by atoms with van der Waals surface area (Å²) in [5.41, 5.74) is 3.76. The van der Waals surface area contributed by atoms with E-state index >= 15 is 0 Å². The van der Waals surface area contributed by atoms with E-state index < -0.39 is 26.3 Å². The number of halogens is 2. The van der Waals surface area contributed by atoms with Gasteiger partial charge in [0.2, 0.25) is 10.0 Å². The van der Waals surface area contributed by atoms with Gasteiger partial charge in [-0.2, -0.15) is 4.31 Å². The minimum atomic E-state index is -4.11. The summed E-state index contributed by atoms with van der Waals surface area (Å²) in [6, 6.07) is 2.12. The summed E-state index contributed by atoms with van der Waals surface area (Å²) in [7, 11) is -2.87. The molecule has 0 amide bonds. The van der Waals surface area contributed by atoms with Crippen LogP contribution in [-0.2, 0) is 10.0 Å². The van der Waals surface area contributed by atoms with Crippen molar-refractivity contribution >= 4 is 27.3 Å². The van der Waals surface area contributed by atoms with E-state index in [0.29, 0.717) is 0 Å². The smallest absolute Gasteiger partial charge is 0.245 e. The van der Waals surface area contributed by atoms with Crippen LogP contribution >= 0.6 is 11.6 Å². The third kappa shape index (κ3) is 3.79. The van der Waals surface area contributed by atoms with Gasteiger partial charge in [0, 0.05) is 18.6 Å². The van der Waals surface area contributed by atoms with Crippen molar-refractivity contribution in [2.75, 3.05) is 19.3 Å². The van der Waals surface area contributed by atoms with Crippen molar-refractivity contribution in [1.82, 2.24) is 4.31 Å². The fourth-order valence-electron chi connectivity index (χ4n) is 1.57. The van der Waals surface area contributed by atoms with Crippen LogP contribution in [0.1, 0.15) is 13.8 Å². The fourth-order valence-corrected chi connectivity index (χ4v) is 3.30. The molecule has 0 bridgehead atoms. The van der Waals surface area contributed by atoms with Crippen molar-refractivity contribution < 1.29 is 17.9 Å². The first-order chi connectivity index (χ1) is 8.45. The molecule has 108 valence electrons. The van der Waals surface area contributed by atoms with Crippen LogP contribution in [0.25, 0.3) is 0 Å². The third-order valence-electron chi connectivity index (χ3n) is 2.33. The molecule has 0 saturated heterocycles. The number of anilines is 1. The van der Waals surface area contributed by atoms with E-state index in [2.05, 4.69) is 0 Å². The molecule has 8 heteroatoms. The molecule has 0 atom stereocenters. The zero-order chi connectivity index (χ0) is 15.0. The highest BCUT2D eigenvalue weighted by atomic mass is 35.5. The Labute approximate surface area is 116 Å². The molecular formula is C11H16ClFN2O3S. The molecule has 1 aromatic carbocycles. The molecule has 0 aliphatic rings. The molecule has 1 rings (SSSR count). The van der Waals surface area contributed by atoms with Crippen LogP contribution in [0.3, 0.4) is 0 Å². The number of hydrogen-bond donors (Lipinski definition) is 2. The molecule has 5 nitrogen and oxygen atoms in total. The van der Waals surface area contributed by atoms with Crippen LogP contribution in [0.15, 0.2) is 17.0 Å². The predicted molar refractivity (Wildman–Crippen MR) is 71.9 cm³/mol. The van der Waals surface area contributed by atoms with Gasteiger partial charge in [0.25, 0.3) is 0 Å². The molecule has 0 aliphatic carbocycles. The molecule has 0 heterocycles. The Morgan fingerprint density at radius 3 is 2.47 bits per heavy atom. The largest absolute Gasteiger partial charge is 0.396 e. The molecule has 1 aromatic rings. The number of nitrogen functional groups attached to an aromatic ring is 1. The van der Waals surface area contributed by atoms with Gasteiger partial charge >= 0.3 is 0 Å². The van der Waals surface area contributed by atoms with Crippen molar-refractivity contribution in [3.8, 4) is 0 Å². The second kappa shape index (κ2) is 5.24. The SMILES string of the molecule is CN(CC(C)(C)O)S(=O)(=O)c1cc(Cl)cc(N)c1F. The molecule has 0 unspecified atom stereocenters. The number of likely N-dealkylation sites (N-methyl/N-ethyl adjacent to an activating group) is 1. The topological polar surface area (TPSA) is 83.6 Å². The van der Waals surface area contributed by atoms with Gasteiger partial charge in [0.15, 0.2) is 5.82 Å². The van der Waals surface area contributed by atoms with Crippen molar-refractivity contribution in [2.24, 2.45) is 0 Å². The Kier molecular flexibility index (Phi) is 4.46. The summed E-state index contributed by atoms with van der Waals surface area (Å²) in [4.78, 5) is -0.607. The molecule has 0 saturated carbocycles. The molecule has 0 radical (unpaired) electrons. The number of benzene rings is 1. The molecule has 0 spiro atoms. The van der Waals surface area contributed by atoms with Crippen LogP contribution in [-0.4, -0.2) is 37.0 Å². The fraction of sp³-hybridized carbons (Fsp3) is 0.455. The first-order valence-electron chi connectivity index (χ1n) is 5.38. The average Bonchev–Trinajstić information content (AvgIpc) is 2.20. The summed E-state index contributed by atoms with van der Waals surface area (Å²) in [6.45, 7) is 2.70. The summed E-state index contributed by atoms with van der Waals surface area (Å²) < 4.78 is 39.1. The maximum absolute atomic E-state index is 13.8. The Balaban J connectivity index is 3.28. The third-order valence-corrected chi connectivity index (χ3v) is 4.35. The standard InChI is InChI=1S/C11H16ClFN2O3S/c1-11(2,16)6-15(3)19(17,18)9-5-7(12)4-8(14)10(9)13/h4-5,16H,6,14H2,1-3H3. The van der Waals surface area contributed by atoms with Gasteiger partial charge in [-0.3, -0.25) is 0 Å².